The Labute approximate surface area is 352 Å². The van der Waals surface area contributed by atoms with Crippen LogP contribution in [0.2, 0.25) is 0 Å². The van der Waals surface area contributed by atoms with Gasteiger partial charge in [-0.2, -0.15) is 5.26 Å². The average Bonchev–Trinajstić information content (AvgIpc) is 3.61. The number of hydrogen-bond donors (Lipinski definition) is 1. The molecule has 320 valence electrons. The highest BCUT2D eigenvalue weighted by molar-refractivity contribution is 7.44. The van der Waals surface area contributed by atoms with Gasteiger partial charge in [0.2, 0.25) is 0 Å². The minimum atomic E-state index is -1.69. The number of ether oxygens (including phenoxy) is 3. The fraction of sp³-hybridized carbons (Fsp3) is 0.500. The van der Waals surface area contributed by atoms with E-state index in [4.69, 9.17) is 28.5 Å². The highest BCUT2D eigenvalue weighted by atomic mass is 31.2. The zero-order valence-corrected chi connectivity index (χ0v) is 36.2. The van der Waals surface area contributed by atoms with Crippen LogP contribution in [0.1, 0.15) is 103 Å². The number of hydrogen-bond acceptors (Lipinski definition) is 11. The Kier molecular flexibility index (Phi) is 16.0. The van der Waals surface area contributed by atoms with Crippen LogP contribution in [0.25, 0.3) is 32.3 Å². The molecule has 14 heteroatoms. The van der Waals surface area contributed by atoms with Crippen LogP contribution in [0.15, 0.2) is 70.4 Å². The van der Waals surface area contributed by atoms with Gasteiger partial charge in [0.1, 0.15) is 24.7 Å². The van der Waals surface area contributed by atoms with Gasteiger partial charge in [-0.1, -0.05) is 67.4 Å². The Bertz CT molecular complexity index is 2360. The zero-order chi connectivity index (χ0) is 42.8. The van der Waals surface area contributed by atoms with Crippen molar-refractivity contribution in [2.45, 2.75) is 130 Å². The van der Waals surface area contributed by atoms with Gasteiger partial charge < -0.3 is 28.1 Å². The normalized spacial score (nSPS) is 17.4. The molecule has 6 rings (SSSR count). The minimum Gasteiger partial charge on any atom is -0.463 e. The molecule has 1 aromatic heterocycles. The van der Waals surface area contributed by atoms with Crippen LogP contribution in [-0.4, -0.2) is 70.1 Å². The molecule has 0 amide bonds. The van der Waals surface area contributed by atoms with E-state index in [1.54, 1.807) is 0 Å². The molecule has 0 radical (unpaired) electrons. The third kappa shape index (κ3) is 11.2. The second-order valence-electron chi connectivity index (χ2n) is 16.1. The van der Waals surface area contributed by atoms with Crippen molar-refractivity contribution in [3.8, 4) is 6.07 Å². The van der Waals surface area contributed by atoms with E-state index >= 15 is 0 Å². The summed E-state index contributed by atoms with van der Waals surface area (Å²) in [5, 5.41) is 17.0. The van der Waals surface area contributed by atoms with Crippen molar-refractivity contribution in [3.63, 3.8) is 0 Å². The Morgan fingerprint density at radius 1 is 0.917 bits per heavy atom. The van der Waals surface area contributed by atoms with Gasteiger partial charge in [-0.05, 0) is 91.8 Å². The van der Waals surface area contributed by atoms with Gasteiger partial charge in [0, 0.05) is 37.7 Å². The molecule has 0 saturated carbocycles. The number of unbranched alkanes of at least 4 members (excludes halogenated alkanes) is 3. The molecule has 1 aliphatic rings. The van der Waals surface area contributed by atoms with Gasteiger partial charge in [-0.25, -0.2) is 9.46 Å². The van der Waals surface area contributed by atoms with E-state index in [9.17, 15) is 19.2 Å². The highest BCUT2D eigenvalue weighted by Crippen LogP contribution is 2.50. The second kappa shape index (κ2) is 21.3. The van der Waals surface area contributed by atoms with E-state index in [1.165, 1.54) is 55.6 Å². The molecular formula is C46H57N4O9P. The van der Waals surface area contributed by atoms with Crippen LogP contribution in [0.5, 0.6) is 0 Å². The van der Waals surface area contributed by atoms with Crippen molar-refractivity contribution in [2.75, 3.05) is 19.8 Å². The van der Waals surface area contributed by atoms with Gasteiger partial charge in [0.05, 0.1) is 43.8 Å². The van der Waals surface area contributed by atoms with Gasteiger partial charge in [0.25, 0.3) is 14.1 Å². The lowest BCUT2D eigenvalue weighted by atomic mass is 9.90. The third-order valence-electron chi connectivity index (χ3n) is 10.9. The molecule has 60 heavy (non-hydrogen) atoms. The summed E-state index contributed by atoms with van der Waals surface area (Å²) in [5.41, 5.74) is 0.446. The van der Waals surface area contributed by atoms with Crippen molar-refractivity contribution in [1.29, 1.82) is 5.26 Å². The quantitative estimate of drug-likeness (QED) is 0.0290. The van der Waals surface area contributed by atoms with E-state index < -0.39 is 44.2 Å². The predicted molar refractivity (Wildman–Crippen MR) is 233 cm³/mol. The van der Waals surface area contributed by atoms with Crippen molar-refractivity contribution >= 4 is 52.6 Å². The number of aromatic nitrogens is 2. The molecule has 0 aliphatic carbocycles. The summed E-state index contributed by atoms with van der Waals surface area (Å²) in [7, 11) is -1.69. The predicted octanol–water partition coefficient (Wildman–Crippen LogP) is 8.61. The summed E-state index contributed by atoms with van der Waals surface area (Å²) in [6.45, 7) is 9.94. The molecule has 2 heterocycles. The lowest BCUT2D eigenvalue weighted by Crippen LogP contribution is -2.36. The maximum Gasteiger partial charge on any atom is 0.330 e. The summed E-state index contributed by atoms with van der Waals surface area (Å²) < 4.78 is 33.9. The number of nitrogens with one attached hydrogen (secondary N) is 1. The van der Waals surface area contributed by atoms with Crippen molar-refractivity contribution < 1.29 is 32.8 Å². The number of H-pyrrole nitrogens is 1. The largest absolute Gasteiger partial charge is 0.463 e. The van der Waals surface area contributed by atoms with Gasteiger partial charge >= 0.3 is 11.7 Å². The molecule has 1 fully saturated rings. The van der Waals surface area contributed by atoms with E-state index in [0.717, 1.165) is 32.1 Å². The number of ketones is 1. The highest BCUT2D eigenvalue weighted by Gasteiger charge is 2.42. The van der Waals surface area contributed by atoms with E-state index in [2.05, 4.69) is 70.3 Å². The Morgan fingerprint density at radius 3 is 2.33 bits per heavy atom. The first-order valence-electron chi connectivity index (χ1n) is 21.1. The van der Waals surface area contributed by atoms with Gasteiger partial charge in [0.15, 0.2) is 0 Å². The molecule has 0 spiro atoms. The fourth-order valence-electron chi connectivity index (χ4n) is 7.98. The van der Waals surface area contributed by atoms with Gasteiger partial charge in [-0.15, -0.1) is 0 Å². The lowest BCUT2D eigenvalue weighted by molar-refractivity contribution is -0.150. The number of nitrogens with zero attached hydrogens (tertiary/aromatic N) is 3. The summed E-state index contributed by atoms with van der Waals surface area (Å²) in [6.07, 6.45) is 4.36. The Balaban J connectivity index is 1.05. The average molecular weight is 841 g/mol. The number of esters is 1. The molecule has 13 nitrogen and oxygen atoms in total. The lowest BCUT2D eigenvalue weighted by Gasteiger charge is -2.37. The number of aromatic amines is 1. The third-order valence-corrected chi connectivity index (χ3v) is 13.0. The van der Waals surface area contributed by atoms with E-state index in [-0.39, 0.29) is 68.9 Å². The molecule has 1 saturated heterocycles. The minimum absolute atomic E-state index is 0.0119. The Morgan fingerprint density at radius 2 is 1.62 bits per heavy atom. The second-order valence-corrected chi connectivity index (χ2v) is 17.5. The number of Topliss-reactive ketones (excluding diaryl/α,β-unsaturated/α-hetero) is 1. The number of benzene rings is 4. The molecule has 0 bridgehead atoms. The van der Waals surface area contributed by atoms with E-state index in [1.807, 2.05) is 27.7 Å². The molecule has 4 aromatic carbocycles. The van der Waals surface area contributed by atoms with Crippen LogP contribution in [0.4, 0.5) is 0 Å². The molecule has 3 unspecified atom stereocenters. The monoisotopic (exact) mass is 840 g/mol. The Hall–Kier alpha value is -4.54. The maximum atomic E-state index is 13.2. The molecular weight excluding hydrogens is 783 g/mol. The van der Waals surface area contributed by atoms with Crippen LogP contribution in [-0.2, 0) is 45.9 Å². The zero-order valence-electron chi connectivity index (χ0n) is 35.3. The molecule has 1 N–H and O–H groups in total. The SMILES string of the molecule is CC(=O)CCC(=O)OCC1OC(n2cc(COCCCCCCc3ccc4ccc5cccc6ccc3c4c56)c(=O)[nH]c2=O)C[C@@H]1OP(OCCC#N)N(C(C)C)C(C)C. The first-order chi connectivity index (χ1) is 28.9. The van der Waals surface area contributed by atoms with Crippen LogP contribution < -0.4 is 11.2 Å². The van der Waals surface area contributed by atoms with Crippen molar-refractivity contribution in [3.05, 3.63) is 92.8 Å². The molecule has 5 aromatic rings. The van der Waals surface area contributed by atoms with Crippen molar-refractivity contribution in [1.82, 2.24) is 14.2 Å². The first kappa shape index (κ1) is 45.0. The summed E-state index contributed by atoms with van der Waals surface area (Å²) in [4.78, 5) is 52.5. The van der Waals surface area contributed by atoms with Crippen LogP contribution in [0.3, 0.4) is 0 Å². The topological polar surface area (TPSA) is 162 Å². The maximum absolute atomic E-state index is 13.2. The summed E-state index contributed by atoms with van der Waals surface area (Å²) >= 11 is 0. The number of rotatable bonds is 23. The number of carbonyl (C=O) groups excluding carboxylic acids is 2. The van der Waals surface area contributed by atoms with Gasteiger partial charge in [-0.3, -0.25) is 19.1 Å². The number of nitriles is 1. The van der Waals surface area contributed by atoms with Crippen LogP contribution >= 0.6 is 8.53 Å². The summed E-state index contributed by atoms with van der Waals surface area (Å²) in [6, 6.07) is 22.0. The van der Waals surface area contributed by atoms with Crippen LogP contribution in [0, 0.1) is 11.3 Å². The number of carbonyl (C=O) groups is 2. The molecule has 1 aliphatic heterocycles. The number of aryl methyl sites for hydroxylation is 1. The first-order valence-corrected chi connectivity index (χ1v) is 22.2. The smallest absolute Gasteiger partial charge is 0.330 e. The standard InChI is InChI=1S/C46H57N4O9P/c1-30(2)50(31(3)4)60(57-25-11-23-47)59-39-26-41(58-40(39)29-56-42(52)22-15-32(5)51)49-27-37(45(53)48-46(49)54)28-55-24-9-7-6-8-12-33-16-17-36-19-18-34-13-10-14-35-20-21-38(33)44(36)43(34)35/h10,13-14,16-21,27,30-31,39-41H,6-9,11-12,15,22,24-26,28-29H2,1-5H3,(H,48,53,54)/t39-,40?,41?,60?/m0/s1. The van der Waals surface area contributed by atoms with Crippen molar-refractivity contribution in [2.24, 2.45) is 0 Å². The molecule has 4 atom stereocenters. The van der Waals surface area contributed by atoms with E-state index in [0.29, 0.717) is 6.61 Å². The fourth-order valence-corrected chi connectivity index (χ4v) is 9.74. The summed E-state index contributed by atoms with van der Waals surface area (Å²) in [5.74, 6) is -0.684.